The Labute approximate surface area is 171 Å². The van der Waals surface area contributed by atoms with Gasteiger partial charge in [0.15, 0.2) is 0 Å². The van der Waals surface area contributed by atoms with E-state index in [-0.39, 0.29) is 5.97 Å². The largest absolute Gasteiger partial charge is 0.466 e. The molecule has 0 bridgehead atoms. The molecule has 0 heterocycles. The molecule has 158 valence electrons. The number of Topliss-reactive ketones (excluding diaryl/α,β-unsaturated/α-hetero) is 1. The summed E-state index contributed by atoms with van der Waals surface area (Å²) in [5.74, 6) is 3.85. The molecule has 28 heavy (non-hydrogen) atoms. The lowest BCUT2D eigenvalue weighted by Crippen LogP contribution is -2.56. The Bertz CT molecular complexity index is 627. The first kappa shape index (κ1) is 20.4. The molecule has 3 nitrogen and oxygen atoms in total. The van der Waals surface area contributed by atoms with E-state index in [0.29, 0.717) is 58.7 Å². The number of hydrogen-bond acceptors (Lipinski definition) is 3. The van der Waals surface area contributed by atoms with E-state index in [4.69, 9.17) is 4.74 Å². The molecule has 0 aliphatic heterocycles. The van der Waals surface area contributed by atoms with Crippen LogP contribution in [0, 0.1) is 46.3 Å². The highest BCUT2D eigenvalue weighted by Crippen LogP contribution is 2.67. The first-order valence-electron chi connectivity index (χ1n) is 11.9. The molecule has 4 fully saturated rings. The van der Waals surface area contributed by atoms with Gasteiger partial charge in [-0.3, -0.25) is 9.59 Å². The van der Waals surface area contributed by atoms with E-state index < -0.39 is 0 Å². The van der Waals surface area contributed by atoms with Gasteiger partial charge in [-0.05, 0) is 85.4 Å². The lowest BCUT2D eigenvalue weighted by molar-refractivity contribution is -0.156. The fourth-order valence-electron chi connectivity index (χ4n) is 8.53. The molecule has 3 heteroatoms. The van der Waals surface area contributed by atoms with Gasteiger partial charge in [-0.2, -0.15) is 0 Å². The van der Waals surface area contributed by atoms with E-state index in [9.17, 15) is 9.59 Å². The van der Waals surface area contributed by atoms with Crippen molar-refractivity contribution < 1.29 is 14.3 Å². The van der Waals surface area contributed by atoms with E-state index in [1.165, 1.54) is 58.3 Å². The zero-order valence-corrected chi connectivity index (χ0v) is 18.5. The number of carbonyl (C=O) groups excluding carboxylic acids is 2. The second-order valence-electron chi connectivity index (χ2n) is 11.2. The van der Waals surface area contributed by atoms with Gasteiger partial charge in [0.25, 0.3) is 0 Å². The van der Waals surface area contributed by atoms with Crippen LogP contribution in [0.5, 0.6) is 0 Å². The number of hydrogen-bond donors (Lipinski definition) is 0. The molecule has 0 amide bonds. The molecule has 4 saturated carbocycles. The van der Waals surface area contributed by atoms with Crippen molar-refractivity contribution in [3.8, 4) is 0 Å². The van der Waals surface area contributed by atoms with Gasteiger partial charge in [0, 0.05) is 19.3 Å². The Morgan fingerprint density at radius 1 is 1.07 bits per heavy atom. The van der Waals surface area contributed by atoms with Crippen molar-refractivity contribution in [3.05, 3.63) is 0 Å². The van der Waals surface area contributed by atoms with Crippen molar-refractivity contribution in [1.29, 1.82) is 0 Å². The number of ether oxygens (including phenoxy) is 1. The highest BCUT2D eigenvalue weighted by Gasteiger charge is 2.62. The average molecular weight is 389 g/mol. The van der Waals surface area contributed by atoms with Crippen LogP contribution in [0.2, 0.25) is 0 Å². The lowest BCUT2D eigenvalue weighted by Gasteiger charge is -2.60. The SMILES string of the molecule is CC(=O)OCCC(C)C1CCC2C3C(=O)CC4CCCCC4(C)C3CCC12C. The molecule has 0 N–H and O–H groups in total. The number of carbonyl (C=O) groups is 2. The van der Waals surface area contributed by atoms with Crippen molar-refractivity contribution in [2.45, 2.75) is 91.9 Å². The first-order chi connectivity index (χ1) is 13.3. The standard InChI is InChI=1S/C25H40O3/c1-16(11-14-28-17(2)26)19-8-9-20-23-21(10-13-25(19,20)4)24(3)12-6-5-7-18(24)15-22(23)27/h16,18-21,23H,5-15H2,1-4H3. The third-order valence-corrected chi connectivity index (χ3v) is 10.0. The Morgan fingerprint density at radius 2 is 1.82 bits per heavy atom. The highest BCUT2D eigenvalue weighted by atomic mass is 16.5. The Morgan fingerprint density at radius 3 is 2.57 bits per heavy atom. The minimum absolute atomic E-state index is 0.175. The van der Waals surface area contributed by atoms with Crippen molar-refractivity contribution in [1.82, 2.24) is 0 Å². The third-order valence-electron chi connectivity index (χ3n) is 10.0. The van der Waals surface area contributed by atoms with Gasteiger partial charge >= 0.3 is 5.97 Å². The normalized spacial score (nSPS) is 46.3. The molecule has 0 spiro atoms. The van der Waals surface area contributed by atoms with Crippen LogP contribution < -0.4 is 0 Å². The maximum absolute atomic E-state index is 13.4. The molecule has 0 radical (unpaired) electrons. The molecule has 4 aliphatic carbocycles. The molecule has 0 aromatic heterocycles. The zero-order valence-electron chi connectivity index (χ0n) is 18.5. The van der Waals surface area contributed by atoms with E-state index in [0.717, 1.165) is 12.8 Å². The van der Waals surface area contributed by atoms with Gasteiger partial charge in [0.2, 0.25) is 0 Å². The number of rotatable bonds is 4. The second kappa shape index (κ2) is 7.43. The Balaban J connectivity index is 1.52. The van der Waals surface area contributed by atoms with Gasteiger partial charge in [0.1, 0.15) is 5.78 Å². The summed E-state index contributed by atoms with van der Waals surface area (Å²) in [6.45, 7) is 9.41. The molecular weight excluding hydrogens is 348 g/mol. The second-order valence-corrected chi connectivity index (χ2v) is 11.2. The van der Waals surface area contributed by atoms with Crippen LogP contribution >= 0.6 is 0 Å². The maximum atomic E-state index is 13.4. The van der Waals surface area contributed by atoms with Crippen LogP contribution in [-0.2, 0) is 14.3 Å². The minimum atomic E-state index is -0.175. The van der Waals surface area contributed by atoms with Crippen LogP contribution in [-0.4, -0.2) is 18.4 Å². The predicted octanol–water partition coefficient (Wildman–Crippen LogP) is 5.80. The monoisotopic (exact) mass is 388 g/mol. The summed E-state index contributed by atoms with van der Waals surface area (Å²) >= 11 is 0. The summed E-state index contributed by atoms with van der Waals surface area (Å²) in [5, 5.41) is 0. The van der Waals surface area contributed by atoms with E-state index in [1.54, 1.807) is 0 Å². The summed E-state index contributed by atoms with van der Waals surface area (Å²) in [4.78, 5) is 24.5. The predicted molar refractivity (Wildman–Crippen MR) is 111 cm³/mol. The van der Waals surface area contributed by atoms with E-state index >= 15 is 0 Å². The topological polar surface area (TPSA) is 43.4 Å². The number of ketones is 1. The van der Waals surface area contributed by atoms with Crippen molar-refractivity contribution in [2.24, 2.45) is 46.3 Å². The summed E-state index contributed by atoms with van der Waals surface area (Å²) in [6, 6.07) is 0. The molecule has 4 rings (SSSR count). The number of esters is 1. The van der Waals surface area contributed by atoms with Gasteiger partial charge in [0.05, 0.1) is 6.61 Å². The van der Waals surface area contributed by atoms with Gasteiger partial charge in [-0.1, -0.05) is 33.6 Å². The quantitative estimate of drug-likeness (QED) is 0.571. The van der Waals surface area contributed by atoms with E-state index in [2.05, 4.69) is 20.8 Å². The van der Waals surface area contributed by atoms with Crippen molar-refractivity contribution in [2.75, 3.05) is 6.61 Å². The van der Waals surface area contributed by atoms with Crippen LogP contribution in [0.1, 0.15) is 91.9 Å². The first-order valence-corrected chi connectivity index (χ1v) is 11.9. The number of fused-ring (bicyclic) bond motifs is 5. The van der Waals surface area contributed by atoms with E-state index in [1.807, 2.05) is 0 Å². The molecule has 4 aliphatic rings. The summed E-state index contributed by atoms with van der Waals surface area (Å²) in [7, 11) is 0. The van der Waals surface area contributed by atoms with Crippen LogP contribution in [0.15, 0.2) is 0 Å². The minimum Gasteiger partial charge on any atom is -0.466 e. The summed E-state index contributed by atoms with van der Waals surface area (Å²) in [5.41, 5.74) is 0.710. The molecule has 0 saturated heterocycles. The van der Waals surface area contributed by atoms with Gasteiger partial charge in [-0.25, -0.2) is 0 Å². The lowest BCUT2D eigenvalue weighted by atomic mass is 9.44. The highest BCUT2D eigenvalue weighted by molar-refractivity contribution is 5.83. The molecular formula is C25H40O3. The van der Waals surface area contributed by atoms with Gasteiger partial charge in [-0.15, -0.1) is 0 Å². The smallest absolute Gasteiger partial charge is 0.302 e. The van der Waals surface area contributed by atoms with Crippen molar-refractivity contribution >= 4 is 11.8 Å². The summed E-state index contributed by atoms with van der Waals surface area (Å²) < 4.78 is 5.22. The molecule has 8 unspecified atom stereocenters. The van der Waals surface area contributed by atoms with Crippen LogP contribution in [0.25, 0.3) is 0 Å². The molecule has 8 atom stereocenters. The van der Waals surface area contributed by atoms with Gasteiger partial charge < -0.3 is 4.74 Å². The zero-order chi connectivity index (χ0) is 20.1. The van der Waals surface area contributed by atoms with Crippen LogP contribution in [0.4, 0.5) is 0 Å². The van der Waals surface area contributed by atoms with Crippen LogP contribution in [0.3, 0.4) is 0 Å². The van der Waals surface area contributed by atoms with Crippen molar-refractivity contribution in [3.63, 3.8) is 0 Å². The summed E-state index contributed by atoms with van der Waals surface area (Å²) in [6.07, 6.45) is 12.1. The fraction of sp³-hybridized carbons (Fsp3) is 0.920. The maximum Gasteiger partial charge on any atom is 0.302 e. The fourth-order valence-corrected chi connectivity index (χ4v) is 8.53. The third kappa shape index (κ3) is 3.16. The Hall–Kier alpha value is -0.860. The molecule has 0 aromatic rings. The average Bonchev–Trinajstić information content (AvgIpc) is 2.99. The Kier molecular flexibility index (Phi) is 5.42. The molecule has 0 aromatic carbocycles.